The number of alkyl halides is 3. The van der Waals surface area contributed by atoms with Crippen LogP contribution in [0, 0.1) is 5.92 Å². The first-order valence-corrected chi connectivity index (χ1v) is 9.79. The third-order valence-corrected chi connectivity index (χ3v) is 5.94. The molecule has 1 aliphatic rings. The number of rotatable bonds is 4. The lowest BCUT2D eigenvalue weighted by Gasteiger charge is -2.25. The van der Waals surface area contributed by atoms with Gasteiger partial charge >= 0.3 is 11.5 Å². The van der Waals surface area contributed by atoms with Gasteiger partial charge in [-0.3, -0.25) is 4.79 Å². The molecule has 0 bridgehead atoms. The van der Waals surface area contributed by atoms with E-state index in [1.54, 1.807) is 19.1 Å². The molecule has 0 spiro atoms. The summed E-state index contributed by atoms with van der Waals surface area (Å²) in [6.07, 6.45) is -4.20. The number of benzene rings is 1. The highest BCUT2D eigenvalue weighted by Gasteiger charge is 2.40. The van der Waals surface area contributed by atoms with E-state index in [1.807, 2.05) is 6.07 Å². The van der Waals surface area contributed by atoms with Gasteiger partial charge in [0.2, 0.25) is 5.88 Å². The molecule has 1 saturated heterocycles. The summed E-state index contributed by atoms with van der Waals surface area (Å²) in [6, 6.07) is 7.30. The first-order valence-electron chi connectivity index (χ1n) is 8.65. The lowest BCUT2D eigenvalue weighted by Crippen LogP contribution is -2.30. The van der Waals surface area contributed by atoms with Gasteiger partial charge in [-0.25, -0.2) is 4.98 Å². The number of hydrogen-bond donors (Lipinski definition) is 0. The number of hydrogen-bond acceptors (Lipinski definition) is 3. The van der Waals surface area contributed by atoms with Crippen molar-refractivity contribution in [3.8, 4) is 5.88 Å². The standard InChI is InChI=1S/C19H16Cl3F3N2O2/c1-10(29-17-5-3-12(7-26-17)19(23,24)25)13-8-27(18(22)28)9-14(13)11-2-4-15(20)16(21)6-11/h2-7,10,13-14H,8-9H2,1H3/t10-,13+,14-/m1/s1. The second kappa shape index (κ2) is 8.58. The van der Waals surface area contributed by atoms with E-state index in [9.17, 15) is 18.0 Å². The molecule has 0 aliphatic carbocycles. The highest BCUT2D eigenvalue weighted by molar-refractivity contribution is 6.62. The lowest BCUT2D eigenvalue weighted by molar-refractivity contribution is -0.137. The van der Waals surface area contributed by atoms with Gasteiger partial charge in [0, 0.05) is 37.2 Å². The molecular weight excluding hydrogens is 452 g/mol. The van der Waals surface area contributed by atoms with Gasteiger partial charge in [-0.2, -0.15) is 13.2 Å². The minimum Gasteiger partial charge on any atom is -0.474 e. The summed E-state index contributed by atoms with van der Waals surface area (Å²) in [5, 5.41) is 0.211. The molecule has 0 N–H and O–H groups in total. The Morgan fingerprint density at radius 1 is 1.21 bits per heavy atom. The number of aromatic nitrogens is 1. The highest BCUT2D eigenvalue weighted by Crippen LogP contribution is 2.38. The zero-order valence-electron chi connectivity index (χ0n) is 15.1. The van der Waals surface area contributed by atoms with E-state index in [-0.39, 0.29) is 17.7 Å². The Morgan fingerprint density at radius 3 is 2.48 bits per heavy atom. The maximum atomic E-state index is 12.7. The van der Waals surface area contributed by atoms with Crippen LogP contribution in [0.15, 0.2) is 36.5 Å². The molecule has 29 heavy (non-hydrogen) atoms. The molecule has 0 saturated carbocycles. The Balaban J connectivity index is 1.81. The smallest absolute Gasteiger partial charge is 0.417 e. The summed E-state index contributed by atoms with van der Waals surface area (Å²) in [6.45, 7) is 2.46. The van der Waals surface area contributed by atoms with E-state index < -0.39 is 23.2 Å². The van der Waals surface area contributed by atoms with Crippen molar-refractivity contribution in [2.45, 2.75) is 25.1 Å². The van der Waals surface area contributed by atoms with Crippen LogP contribution in [0.1, 0.15) is 24.0 Å². The minimum absolute atomic E-state index is 0.0639. The van der Waals surface area contributed by atoms with Gasteiger partial charge in [-0.1, -0.05) is 29.3 Å². The van der Waals surface area contributed by atoms with E-state index >= 15 is 0 Å². The van der Waals surface area contributed by atoms with Crippen LogP contribution in [-0.4, -0.2) is 34.4 Å². The number of nitrogens with zero attached hydrogens (tertiary/aromatic N) is 2. The van der Waals surface area contributed by atoms with E-state index in [2.05, 4.69) is 4.98 Å². The number of halogens is 6. The Morgan fingerprint density at radius 2 is 1.93 bits per heavy atom. The van der Waals surface area contributed by atoms with Gasteiger partial charge in [-0.15, -0.1) is 0 Å². The average Bonchev–Trinajstić information content (AvgIpc) is 3.09. The van der Waals surface area contributed by atoms with Crippen molar-refractivity contribution in [1.29, 1.82) is 0 Å². The van der Waals surface area contributed by atoms with Gasteiger partial charge in [0.05, 0.1) is 15.6 Å². The second-order valence-corrected chi connectivity index (χ2v) is 7.95. The largest absolute Gasteiger partial charge is 0.474 e. The van der Waals surface area contributed by atoms with Crippen LogP contribution in [0.2, 0.25) is 10.0 Å². The van der Waals surface area contributed by atoms with Gasteiger partial charge in [0.1, 0.15) is 6.10 Å². The fraction of sp³-hybridized carbons (Fsp3) is 0.368. The predicted octanol–water partition coefficient (Wildman–Crippen LogP) is 6.25. The molecule has 3 atom stereocenters. The van der Waals surface area contributed by atoms with Crippen LogP contribution in [0.3, 0.4) is 0 Å². The molecule has 3 rings (SSSR count). The van der Waals surface area contributed by atoms with Crippen LogP contribution >= 0.6 is 34.8 Å². The van der Waals surface area contributed by atoms with Crippen molar-refractivity contribution < 1.29 is 22.7 Å². The number of carbonyl (C=O) groups excluding carboxylic acids is 1. The second-order valence-electron chi connectivity index (χ2n) is 6.81. The van der Waals surface area contributed by atoms with Crippen molar-refractivity contribution in [3.05, 3.63) is 57.7 Å². The Kier molecular flexibility index (Phi) is 6.51. The van der Waals surface area contributed by atoms with Crippen molar-refractivity contribution in [2.75, 3.05) is 13.1 Å². The Labute approximate surface area is 180 Å². The summed E-state index contributed by atoms with van der Waals surface area (Å²) in [5.41, 5.74) is 0.00612. The molecule has 1 aromatic carbocycles. The summed E-state index contributed by atoms with van der Waals surface area (Å²) in [7, 11) is 0. The summed E-state index contributed by atoms with van der Waals surface area (Å²) in [5.74, 6) is -0.259. The molecule has 2 heterocycles. The summed E-state index contributed by atoms with van der Waals surface area (Å²) in [4.78, 5) is 16.9. The van der Waals surface area contributed by atoms with Gasteiger partial charge in [0.25, 0.3) is 0 Å². The van der Waals surface area contributed by atoms with Gasteiger partial charge in [-0.05, 0) is 42.3 Å². The first-order chi connectivity index (χ1) is 13.6. The fourth-order valence-electron chi connectivity index (χ4n) is 3.44. The molecule has 0 unspecified atom stereocenters. The van der Waals surface area contributed by atoms with Crippen LogP contribution < -0.4 is 4.74 Å². The van der Waals surface area contributed by atoms with E-state index in [4.69, 9.17) is 39.5 Å². The van der Waals surface area contributed by atoms with Crippen molar-refractivity contribution >= 4 is 40.2 Å². The topological polar surface area (TPSA) is 42.4 Å². The van der Waals surface area contributed by atoms with E-state index in [1.165, 1.54) is 11.0 Å². The maximum Gasteiger partial charge on any atom is 0.417 e. The molecule has 1 amide bonds. The number of likely N-dealkylation sites (tertiary alicyclic amines) is 1. The van der Waals surface area contributed by atoms with Crippen LogP contribution in [0.25, 0.3) is 0 Å². The van der Waals surface area contributed by atoms with Gasteiger partial charge < -0.3 is 9.64 Å². The molecule has 156 valence electrons. The number of amides is 1. The average molecular weight is 468 g/mol. The predicted molar refractivity (Wildman–Crippen MR) is 105 cm³/mol. The summed E-state index contributed by atoms with van der Waals surface area (Å²) >= 11 is 17.8. The molecule has 4 nitrogen and oxygen atoms in total. The van der Waals surface area contributed by atoms with Crippen molar-refractivity contribution in [2.24, 2.45) is 5.92 Å². The molecule has 10 heteroatoms. The van der Waals surface area contributed by atoms with E-state index in [0.717, 1.165) is 17.8 Å². The maximum absolute atomic E-state index is 12.7. The number of pyridine rings is 1. The minimum atomic E-state index is -4.47. The third kappa shape index (κ3) is 5.08. The van der Waals surface area contributed by atoms with Crippen LogP contribution in [0.4, 0.5) is 18.0 Å². The zero-order chi connectivity index (χ0) is 21.3. The first kappa shape index (κ1) is 22.0. The highest BCUT2D eigenvalue weighted by atomic mass is 35.5. The zero-order valence-corrected chi connectivity index (χ0v) is 17.4. The quantitative estimate of drug-likeness (QED) is 0.394. The SMILES string of the molecule is C[C@@H](Oc1ccc(C(F)(F)F)cn1)[C@@H]1CN(C(=O)Cl)C[C@@H]1c1ccc(Cl)c(Cl)c1. The molecule has 1 aromatic heterocycles. The van der Waals surface area contributed by atoms with Crippen molar-refractivity contribution in [1.82, 2.24) is 9.88 Å². The number of carbonyl (C=O) groups is 1. The van der Waals surface area contributed by atoms with Gasteiger partial charge in [0.15, 0.2) is 0 Å². The molecule has 1 fully saturated rings. The number of ether oxygens (including phenoxy) is 1. The van der Waals surface area contributed by atoms with Crippen LogP contribution in [0.5, 0.6) is 5.88 Å². The van der Waals surface area contributed by atoms with Crippen molar-refractivity contribution in [3.63, 3.8) is 0 Å². The fourth-order valence-corrected chi connectivity index (χ4v) is 3.88. The molecular formula is C19H16Cl3F3N2O2. The normalized spacial score (nSPS) is 20.6. The Hall–Kier alpha value is -1.70. The third-order valence-electron chi connectivity index (χ3n) is 4.96. The monoisotopic (exact) mass is 466 g/mol. The Bertz CT molecular complexity index is 893. The molecule has 2 aromatic rings. The molecule has 0 radical (unpaired) electrons. The van der Waals surface area contributed by atoms with E-state index in [0.29, 0.717) is 23.1 Å². The lowest BCUT2D eigenvalue weighted by atomic mass is 9.86. The molecule has 1 aliphatic heterocycles. The summed E-state index contributed by atoms with van der Waals surface area (Å²) < 4.78 is 43.9. The van der Waals surface area contributed by atoms with Crippen LogP contribution in [-0.2, 0) is 6.18 Å².